The fourth-order valence-electron chi connectivity index (χ4n) is 1.50. The van der Waals surface area contributed by atoms with Crippen LogP contribution in [0.1, 0.15) is 5.82 Å². The van der Waals surface area contributed by atoms with Crippen LogP contribution < -0.4 is 11.1 Å². The van der Waals surface area contributed by atoms with Crippen LogP contribution in [0.5, 0.6) is 0 Å². The maximum atomic E-state index is 13.0. The van der Waals surface area contributed by atoms with Gasteiger partial charge in [0, 0.05) is 18.9 Å². The molecule has 0 unspecified atom stereocenters. The number of nitrogen functional groups attached to an aromatic ring is 1. The smallest absolute Gasteiger partial charge is 0.158 e. The molecule has 0 aliphatic rings. The van der Waals surface area contributed by atoms with Gasteiger partial charge in [-0.3, -0.25) is 0 Å². The number of nitrogens with two attached hydrogens (primary N) is 1. The zero-order valence-electron chi connectivity index (χ0n) is 10.2. The van der Waals surface area contributed by atoms with Crippen molar-refractivity contribution in [2.75, 3.05) is 18.2 Å². The molecule has 0 atom stereocenters. The van der Waals surface area contributed by atoms with E-state index in [2.05, 4.69) is 15.3 Å². The highest BCUT2D eigenvalue weighted by molar-refractivity contribution is 6.31. The normalized spacial score (nSPS) is 10.5. The molecule has 0 saturated carbocycles. The number of aromatic nitrogens is 2. The van der Waals surface area contributed by atoms with E-state index in [4.69, 9.17) is 22.1 Å². The summed E-state index contributed by atoms with van der Waals surface area (Å²) >= 11 is 5.70. The highest BCUT2D eigenvalue weighted by Crippen LogP contribution is 2.22. The van der Waals surface area contributed by atoms with Gasteiger partial charge in [0.1, 0.15) is 24.1 Å². The maximum absolute atomic E-state index is 13.0. The number of methoxy groups -OCH3 is 1. The maximum Gasteiger partial charge on any atom is 0.158 e. The van der Waals surface area contributed by atoms with Gasteiger partial charge in [0.05, 0.1) is 5.02 Å². The monoisotopic (exact) mass is 282 g/mol. The highest BCUT2D eigenvalue weighted by atomic mass is 35.5. The van der Waals surface area contributed by atoms with Gasteiger partial charge in [-0.1, -0.05) is 11.6 Å². The molecule has 5 nitrogen and oxygen atoms in total. The first-order valence-corrected chi connectivity index (χ1v) is 5.80. The number of rotatable bonds is 4. The second-order valence-corrected chi connectivity index (χ2v) is 4.19. The molecule has 0 aliphatic carbocycles. The van der Waals surface area contributed by atoms with Gasteiger partial charge >= 0.3 is 0 Å². The predicted octanol–water partition coefficient (Wildman–Crippen LogP) is 2.74. The standard InChI is InChI=1S/C12H12ClFN4O/c1-19-6-12-17-10(15)5-11(18-12)16-7-2-3-9(14)8(13)4-7/h2-5H,6H2,1H3,(H3,15,16,17,18). The summed E-state index contributed by atoms with van der Waals surface area (Å²) in [4.78, 5) is 8.22. The molecule has 0 fully saturated rings. The van der Waals surface area contributed by atoms with Crippen LogP contribution in [-0.2, 0) is 11.3 Å². The Labute approximate surface area is 114 Å². The number of nitrogens with zero attached hydrogens (tertiary/aromatic N) is 2. The van der Waals surface area contributed by atoms with Gasteiger partial charge in [-0.2, -0.15) is 0 Å². The van der Waals surface area contributed by atoms with E-state index in [1.807, 2.05) is 0 Å². The third-order valence-electron chi connectivity index (χ3n) is 2.26. The van der Waals surface area contributed by atoms with E-state index in [0.717, 1.165) is 0 Å². The zero-order valence-corrected chi connectivity index (χ0v) is 10.9. The Hall–Kier alpha value is -1.92. The third-order valence-corrected chi connectivity index (χ3v) is 2.55. The lowest BCUT2D eigenvalue weighted by molar-refractivity contribution is 0.178. The van der Waals surface area contributed by atoms with Crippen LogP contribution in [0, 0.1) is 5.82 Å². The van der Waals surface area contributed by atoms with Gasteiger partial charge in [-0.25, -0.2) is 14.4 Å². The van der Waals surface area contributed by atoms with Crippen LogP contribution >= 0.6 is 11.6 Å². The Bertz CT molecular complexity index is 594. The molecule has 0 amide bonds. The molecule has 0 spiro atoms. The third kappa shape index (κ3) is 3.52. The van der Waals surface area contributed by atoms with Crippen LogP contribution in [0.15, 0.2) is 24.3 Å². The van der Waals surface area contributed by atoms with Crippen LogP contribution in [0.3, 0.4) is 0 Å². The van der Waals surface area contributed by atoms with E-state index in [1.165, 1.54) is 12.1 Å². The fourth-order valence-corrected chi connectivity index (χ4v) is 1.68. The quantitative estimate of drug-likeness (QED) is 0.902. The Morgan fingerprint density at radius 2 is 2.16 bits per heavy atom. The van der Waals surface area contributed by atoms with Crippen molar-refractivity contribution in [1.29, 1.82) is 0 Å². The molecule has 0 aliphatic heterocycles. The lowest BCUT2D eigenvalue weighted by Gasteiger charge is -2.08. The second kappa shape index (κ2) is 5.81. The van der Waals surface area contributed by atoms with Crippen LogP contribution in [0.4, 0.5) is 21.7 Å². The first-order valence-electron chi connectivity index (χ1n) is 5.43. The first kappa shape index (κ1) is 13.5. The van der Waals surface area contributed by atoms with Gasteiger partial charge in [-0.05, 0) is 18.2 Å². The largest absolute Gasteiger partial charge is 0.384 e. The number of anilines is 3. The van der Waals surface area contributed by atoms with Gasteiger partial charge < -0.3 is 15.8 Å². The van der Waals surface area contributed by atoms with Crippen molar-refractivity contribution in [2.45, 2.75) is 6.61 Å². The molecular formula is C12H12ClFN4O. The molecule has 2 aromatic rings. The topological polar surface area (TPSA) is 73.1 Å². The van der Waals surface area contributed by atoms with Crippen molar-refractivity contribution in [3.63, 3.8) is 0 Å². The predicted molar refractivity (Wildman–Crippen MR) is 71.9 cm³/mol. The van der Waals surface area contributed by atoms with Gasteiger partial charge in [-0.15, -0.1) is 0 Å². The van der Waals surface area contributed by atoms with E-state index in [1.54, 1.807) is 19.2 Å². The molecule has 1 aromatic heterocycles. The number of benzene rings is 1. The summed E-state index contributed by atoms with van der Waals surface area (Å²) in [6.45, 7) is 0.254. The van der Waals surface area contributed by atoms with E-state index < -0.39 is 5.82 Å². The molecule has 19 heavy (non-hydrogen) atoms. The average molecular weight is 283 g/mol. The van der Waals surface area contributed by atoms with Gasteiger partial charge in [0.2, 0.25) is 0 Å². The fraction of sp³-hybridized carbons (Fsp3) is 0.167. The van der Waals surface area contributed by atoms with Gasteiger partial charge in [0.25, 0.3) is 0 Å². The summed E-state index contributed by atoms with van der Waals surface area (Å²) in [5.41, 5.74) is 6.27. The van der Waals surface area contributed by atoms with E-state index in [0.29, 0.717) is 23.1 Å². The minimum atomic E-state index is -0.477. The summed E-state index contributed by atoms with van der Waals surface area (Å²) in [6.07, 6.45) is 0. The molecule has 1 heterocycles. The average Bonchev–Trinajstić information content (AvgIpc) is 2.33. The van der Waals surface area contributed by atoms with E-state index in [-0.39, 0.29) is 11.6 Å². The first-order chi connectivity index (χ1) is 9.08. The molecule has 100 valence electrons. The highest BCUT2D eigenvalue weighted by Gasteiger charge is 2.05. The van der Waals surface area contributed by atoms with Crippen molar-refractivity contribution >= 4 is 28.9 Å². The van der Waals surface area contributed by atoms with E-state index >= 15 is 0 Å². The molecule has 0 bridgehead atoms. The van der Waals surface area contributed by atoms with Crippen molar-refractivity contribution in [3.8, 4) is 0 Å². The van der Waals surface area contributed by atoms with Crippen molar-refractivity contribution in [2.24, 2.45) is 0 Å². The summed E-state index contributed by atoms with van der Waals surface area (Å²) in [7, 11) is 1.54. The zero-order chi connectivity index (χ0) is 13.8. The number of nitrogens with one attached hydrogen (secondary N) is 1. The van der Waals surface area contributed by atoms with Crippen LogP contribution in [0.2, 0.25) is 5.02 Å². The Morgan fingerprint density at radius 1 is 1.37 bits per heavy atom. The van der Waals surface area contributed by atoms with Crippen molar-refractivity contribution in [3.05, 3.63) is 40.9 Å². The van der Waals surface area contributed by atoms with Crippen LogP contribution in [0.25, 0.3) is 0 Å². The Balaban J connectivity index is 2.24. The van der Waals surface area contributed by atoms with Crippen molar-refractivity contribution < 1.29 is 9.13 Å². The van der Waals surface area contributed by atoms with Gasteiger partial charge in [0.15, 0.2) is 5.82 Å². The summed E-state index contributed by atoms with van der Waals surface area (Å²) in [5, 5.41) is 3.01. The van der Waals surface area contributed by atoms with Crippen LogP contribution in [-0.4, -0.2) is 17.1 Å². The Kier molecular flexibility index (Phi) is 4.13. The molecule has 0 radical (unpaired) electrons. The Morgan fingerprint density at radius 3 is 2.84 bits per heavy atom. The van der Waals surface area contributed by atoms with E-state index in [9.17, 15) is 4.39 Å². The molecule has 7 heteroatoms. The number of ether oxygens (including phenoxy) is 1. The SMILES string of the molecule is COCc1nc(N)cc(Nc2ccc(F)c(Cl)c2)n1. The molecule has 0 saturated heterocycles. The lowest BCUT2D eigenvalue weighted by Crippen LogP contribution is -2.04. The number of halogens is 2. The molecular weight excluding hydrogens is 271 g/mol. The summed E-state index contributed by atoms with van der Waals surface area (Å²) in [5.74, 6) is 0.785. The number of hydrogen-bond donors (Lipinski definition) is 2. The molecule has 3 N–H and O–H groups in total. The minimum absolute atomic E-state index is 0.0316. The second-order valence-electron chi connectivity index (χ2n) is 3.78. The summed E-state index contributed by atoms with van der Waals surface area (Å²) in [6, 6.07) is 5.85. The molecule has 2 rings (SSSR count). The number of hydrogen-bond acceptors (Lipinski definition) is 5. The minimum Gasteiger partial charge on any atom is -0.384 e. The molecule has 1 aromatic carbocycles. The van der Waals surface area contributed by atoms with Crippen molar-refractivity contribution in [1.82, 2.24) is 9.97 Å². The summed E-state index contributed by atoms with van der Waals surface area (Å²) < 4.78 is 18.0. The lowest BCUT2D eigenvalue weighted by atomic mass is 10.3.